The average molecular weight is 277 g/mol. The molecule has 5 heteroatoms. The summed E-state index contributed by atoms with van der Waals surface area (Å²) in [5.41, 5.74) is 1.67. The van der Waals surface area contributed by atoms with Crippen LogP contribution in [0.1, 0.15) is 26.3 Å². The molecule has 0 spiro atoms. The molecule has 0 aliphatic rings. The van der Waals surface area contributed by atoms with E-state index in [1.54, 1.807) is 17.0 Å². The number of nitrogens with zero attached hydrogens (tertiary/aromatic N) is 1. The first-order valence-electron chi connectivity index (χ1n) is 7.02. The van der Waals surface area contributed by atoms with Crippen LogP contribution in [0.15, 0.2) is 24.3 Å². The molecule has 0 aliphatic carbocycles. The first-order valence-corrected chi connectivity index (χ1v) is 7.02. The summed E-state index contributed by atoms with van der Waals surface area (Å²) >= 11 is 0. The molecule has 5 nitrogen and oxygen atoms in total. The molecular formula is C15H23N3O2. The highest BCUT2D eigenvalue weighted by Crippen LogP contribution is 2.11. The SMILES string of the molecule is CCNC(=O)Nc1ccc(CC(=O)N(CC)CC)cc1. The van der Waals surface area contributed by atoms with Crippen LogP contribution >= 0.6 is 0 Å². The van der Waals surface area contributed by atoms with Crippen LogP contribution in [0.2, 0.25) is 0 Å². The summed E-state index contributed by atoms with van der Waals surface area (Å²) in [5, 5.41) is 5.38. The quantitative estimate of drug-likeness (QED) is 0.837. The van der Waals surface area contributed by atoms with Crippen molar-refractivity contribution in [2.45, 2.75) is 27.2 Å². The number of carbonyl (C=O) groups excluding carboxylic acids is 2. The van der Waals surface area contributed by atoms with Crippen LogP contribution in [0.4, 0.5) is 10.5 Å². The summed E-state index contributed by atoms with van der Waals surface area (Å²) in [6.07, 6.45) is 0.392. The van der Waals surface area contributed by atoms with Gasteiger partial charge < -0.3 is 15.5 Å². The van der Waals surface area contributed by atoms with E-state index in [1.165, 1.54) is 0 Å². The van der Waals surface area contributed by atoms with E-state index in [0.29, 0.717) is 13.0 Å². The van der Waals surface area contributed by atoms with Crippen molar-refractivity contribution in [2.24, 2.45) is 0 Å². The third-order valence-corrected chi connectivity index (χ3v) is 3.02. The van der Waals surface area contributed by atoms with Crippen LogP contribution < -0.4 is 10.6 Å². The van der Waals surface area contributed by atoms with Crippen molar-refractivity contribution in [3.05, 3.63) is 29.8 Å². The number of rotatable bonds is 6. The highest BCUT2D eigenvalue weighted by molar-refractivity contribution is 5.89. The second-order valence-electron chi connectivity index (χ2n) is 4.42. The zero-order valence-electron chi connectivity index (χ0n) is 12.4. The molecule has 0 fully saturated rings. The van der Waals surface area contributed by atoms with Crippen molar-refractivity contribution in [3.63, 3.8) is 0 Å². The molecule has 0 aliphatic heterocycles. The lowest BCUT2D eigenvalue weighted by Crippen LogP contribution is -2.31. The fourth-order valence-corrected chi connectivity index (χ4v) is 1.90. The fourth-order valence-electron chi connectivity index (χ4n) is 1.90. The number of anilines is 1. The minimum atomic E-state index is -0.223. The molecule has 2 N–H and O–H groups in total. The third-order valence-electron chi connectivity index (χ3n) is 3.02. The summed E-state index contributed by atoms with van der Waals surface area (Å²) < 4.78 is 0. The number of benzene rings is 1. The third kappa shape index (κ3) is 4.91. The summed E-state index contributed by atoms with van der Waals surface area (Å²) in [6.45, 7) is 7.85. The van der Waals surface area contributed by atoms with Gasteiger partial charge in [0.1, 0.15) is 0 Å². The van der Waals surface area contributed by atoms with Crippen molar-refractivity contribution in [3.8, 4) is 0 Å². The van der Waals surface area contributed by atoms with E-state index in [1.807, 2.05) is 32.9 Å². The van der Waals surface area contributed by atoms with Crippen molar-refractivity contribution in [1.29, 1.82) is 0 Å². The summed E-state index contributed by atoms with van der Waals surface area (Å²) in [5.74, 6) is 0.124. The van der Waals surface area contributed by atoms with Gasteiger partial charge >= 0.3 is 6.03 Å². The van der Waals surface area contributed by atoms with Gasteiger partial charge in [0.15, 0.2) is 0 Å². The van der Waals surface area contributed by atoms with Gasteiger partial charge in [0.25, 0.3) is 0 Å². The maximum atomic E-state index is 12.0. The normalized spacial score (nSPS) is 9.95. The van der Waals surface area contributed by atoms with Gasteiger partial charge in [0.2, 0.25) is 5.91 Å². The molecule has 0 aromatic heterocycles. The Balaban J connectivity index is 2.58. The Bertz CT molecular complexity index is 439. The number of likely N-dealkylation sites (N-methyl/N-ethyl adjacent to an activating group) is 1. The molecule has 0 bridgehead atoms. The van der Waals surface area contributed by atoms with Crippen molar-refractivity contribution < 1.29 is 9.59 Å². The van der Waals surface area contributed by atoms with Gasteiger partial charge in [-0.3, -0.25) is 4.79 Å². The molecule has 0 saturated carbocycles. The monoisotopic (exact) mass is 277 g/mol. The molecule has 3 amide bonds. The number of hydrogen-bond donors (Lipinski definition) is 2. The molecule has 0 saturated heterocycles. The van der Waals surface area contributed by atoms with Gasteiger partial charge in [0.05, 0.1) is 6.42 Å². The Labute approximate surface area is 120 Å². The first-order chi connectivity index (χ1) is 9.60. The van der Waals surface area contributed by atoms with E-state index in [2.05, 4.69) is 10.6 Å². The standard InChI is InChI=1S/C15H23N3O2/c1-4-16-15(20)17-13-9-7-12(8-10-13)11-14(19)18(5-2)6-3/h7-10H,4-6,11H2,1-3H3,(H2,16,17,20). The Morgan fingerprint density at radius 3 is 2.15 bits per heavy atom. The van der Waals surface area contributed by atoms with E-state index in [-0.39, 0.29) is 11.9 Å². The summed E-state index contributed by atoms with van der Waals surface area (Å²) in [6, 6.07) is 7.12. The van der Waals surface area contributed by atoms with Gasteiger partial charge in [-0.2, -0.15) is 0 Å². The van der Waals surface area contributed by atoms with Crippen LogP contribution in [-0.2, 0) is 11.2 Å². The van der Waals surface area contributed by atoms with E-state index in [0.717, 1.165) is 24.3 Å². The zero-order valence-corrected chi connectivity index (χ0v) is 12.4. The predicted octanol–water partition coefficient (Wildman–Crippen LogP) is 2.24. The first kappa shape index (κ1) is 16.0. The largest absolute Gasteiger partial charge is 0.343 e. The van der Waals surface area contributed by atoms with Gasteiger partial charge in [0, 0.05) is 25.3 Å². The molecule has 1 aromatic rings. The van der Waals surface area contributed by atoms with Crippen molar-refractivity contribution >= 4 is 17.6 Å². The molecule has 0 unspecified atom stereocenters. The van der Waals surface area contributed by atoms with E-state index >= 15 is 0 Å². The Kier molecular flexibility index (Phi) is 6.56. The van der Waals surface area contributed by atoms with Gasteiger partial charge in [-0.25, -0.2) is 4.79 Å². The highest BCUT2D eigenvalue weighted by Gasteiger charge is 2.10. The predicted molar refractivity (Wildman–Crippen MR) is 80.8 cm³/mol. The second kappa shape index (κ2) is 8.19. The Hall–Kier alpha value is -2.04. The van der Waals surface area contributed by atoms with Crippen LogP contribution in [0.5, 0.6) is 0 Å². The number of carbonyl (C=O) groups is 2. The topological polar surface area (TPSA) is 61.4 Å². The molecular weight excluding hydrogens is 254 g/mol. The number of hydrogen-bond acceptors (Lipinski definition) is 2. The minimum Gasteiger partial charge on any atom is -0.343 e. The molecule has 0 heterocycles. The van der Waals surface area contributed by atoms with Gasteiger partial charge in [-0.05, 0) is 38.5 Å². The van der Waals surface area contributed by atoms with E-state index in [9.17, 15) is 9.59 Å². The lowest BCUT2D eigenvalue weighted by atomic mass is 10.1. The molecule has 1 rings (SSSR count). The molecule has 0 radical (unpaired) electrons. The molecule has 20 heavy (non-hydrogen) atoms. The maximum absolute atomic E-state index is 12.0. The molecule has 0 atom stereocenters. The van der Waals surface area contributed by atoms with Crippen LogP contribution in [0.25, 0.3) is 0 Å². The van der Waals surface area contributed by atoms with Gasteiger partial charge in [-0.1, -0.05) is 12.1 Å². The van der Waals surface area contributed by atoms with Crippen LogP contribution in [0, 0.1) is 0 Å². The lowest BCUT2D eigenvalue weighted by molar-refractivity contribution is -0.130. The summed E-state index contributed by atoms with van der Waals surface area (Å²) in [4.78, 5) is 25.1. The number of urea groups is 1. The highest BCUT2D eigenvalue weighted by atomic mass is 16.2. The van der Waals surface area contributed by atoms with E-state index < -0.39 is 0 Å². The second-order valence-corrected chi connectivity index (χ2v) is 4.42. The van der Waals surface area contributed by atoms with Crippen molar-refractivity contribution in [1.82, 2.24) is 10.2 Å². The van der Waals surface area contributed by atoms with Crippen molar-refractivity contribution in [2.75, 3.05) is 25.0 Å². The minimum absolute atomic E-state index is 0.124. The Morgan fingerprint density at radius 2 is 1.65 bits per heavy atom. The van der Waals surface area contributed by atoms with E-state index in [4.69, 9.17) is 0 Å². The lowest BCUT2D eigenvalue weighted by Gasteiger charge is -2.18. The number of nitrogens with one attached hydrogen (secondary N) is 2. The van der Waals surface area contributed by atoms with Gasteiger partial charge in [-0.15, -0.1) is 0 Å². The molecule has 1 aromatic carbocycles. The fraction of sp³-hybridized carbons (Fsp3) is 0.467. The molecule has 110 valence electrons. The summed E-state index contributed by atoms with van der Waals surface area (Å²) in [7, 11) is 0. The smallest absolute Gasteiger partial charge is 0.319 e. The zero-order chi connectivity index (χ0) is 15.0. The Morgan fingerprint density at radius 1 is 1.05 bits per heavy atom. The van der Waals surface area contributed by atoms with Crippen LogP contribution in [0.3, 0.4) is 0 Å². The number of amides is 3. The van der Waals surface area contributed by atoms with Crippen LogP contribution in [-0.4, -0.2) is 36.5 Å². The maximum Gasteiger partial charge on any atom is 0.319 e. The average Bonchev–Trinajstić information content (AvgIpc) is 2.42.